The molecule has 0 saturated carbocycles. The highest BCUT2D eigenvalue weighted by molar-refractivity contribution is 7.89. The zero-order chi connectivity index (χ0) is 15.0. The third-order valence-electron chi connectivity index (χ3n) is 4.37. The van der Waals surface area contributed by atoms with Gasteiger partial charge in [-0.05, 0) is 36.5 Å². The molecule has 0 aliphatic carbocycles. The summed E-state index contributed by atoms with van der Waals surface area (Å²) in [6, 6.07) is 3.42. The molecule has 0 amide bonds. The molecule has 20 heavy (non-hydrogen) atoms. The van der Waals surface area contributed by atoms with E-state index in [2.05, 4.69) is 13.8 Å². The predicted octanol–water partition coefficient (Wildman–Crippen LogP) is 2.61. The highest BCUT2D eigenvalue weighted by Gasteiger charge is 2.35. The highest BCUT2D eigenvalue weighted by Crippen LogP contribution is 2.36. The molecule has 0 spiro atoms. The minimum atomic E-state index is -3.63. The molecule has 0 radical (unpaired) electrons. The van der Waals surface area contributed by atoms with E-state index < -0.39 is 15.8 Å². The molecule has 4 nitrogen and oxygen atoms in total. The predicted molar refractivity (Wildman–Crippen MR) is 77.2 cm³/mol. The Morgan fingerprint density at radius 3 is 2.45 bits per heavy atom. The first-order chi connectivity index (χ1) is 9.28. The number of nitrogens with zero attached hydrogens (tertiary/aromatic N) is 1. The van der Waals surface area contributed by atoms with Crippen LogP contribution in [0.25, 0.3) is 0 Å². The molecular formula is C14H21FN2O2S. The SMILES string of the molecule is CCC1(C)CCN(S(=O)(=O)c2ccc(F)cc2N)CC1. The van der Waals surface area contributed by atoms with Gasteiger partial charge < -0.3 is 5.73 Å². The van der Waals surface area contributed by atoms with E-state index in [1.807, 2.05) is 0 Å². The lowest BCUT2D eigenvalue weighted by Gasteiger charge is -2.38. The van der Waals surface area contributed by atoms with Crippen molar-refractivity contribution < 1.29 is 12.8 Å². The Kier molecular flexibility index (Phi) is 4.07. The van der Waals surface area contributed by atoms with E-state index in [4.69, 9.17) is 5.73 Å². The maximum Gasteiger partial charge on any atom is 0.245 e. The van der Waals surface area contributed by atoms with Crippen LogP contribution in [0.2, 0.25) is 0 Å². The van der Waals surface area contributed by atoms with Gasteiger partial charge in [0.1, 0.15) is 10.7 Å². The standard InChI is InChI=1S/C14H21FN2O2S/c1-3-14(2)6-8-17(9-7-14)20(18,19)13-5-4-11(15)10-12(13)16/h4-5,10H,3,6-9,16H2,1-2H3. The van der Waals surface area contributed by atoms with Crippen LogP contribution in [0.1, 0.15) is 33.1 Å². The van der Waals surface area contributed by atoms with Crippen LogP contribution in [-0.2, 0) is 10.0 Å². The smallest absolute Gasteiger partial charge is 0.245 e. The Morgan fingerprint density at radius 1 is 1.35 bits per heavy atom. The van der Waals surface area contributed by atoms with E-state index in [-0.39, 0.29) is 16.0 Å². The molecule has 2 rings (SSSR count). The molecule has 0 bridgehead atoms. The second kappa shape index (κ2) is 5.33. The number of halogens is 1. The van der Waals surface area contributed by atoms with Crippen LogP contribution in [0.3, 0.4) is 0 Å². The van der Waals surface area contributed by atoms with Gasteiger partial charge in [-0.25, -0.2) is 12.8 Å². The number of anilines is 1. The lowest BCUT2D eigenvalue weighted by atomic mass is 9.79. The Balaban J connectivity index is 2.24. The van der Waals surface area contributed by atoms with Crippen molar-refractivity contribution in [2.24, 2.45) is 5.41 Å². The molecule has 1 aliphatic heterocycles. The molecule has 1 saturated heterocycles. The minimum absolute atomic E-state index is 0.000925. The van der Waals surface area contributed by atoms with Crippen molar-refractivity contribution in [3.05, 3.63) is 24.0 Å². The van der Waals surface area contributed by atoms with Crippen molar-refractivity contribution in [3.63, 3.8) is 0 Å². The maximum absolute atomic E-state index is 13.0. The summed E-state index contributed by atoms with van der Waals surface area (Å²) in [4.78, 5) is -0.000925. The summed E-state index contributed by atoms with van der Waals surface area (Å²) >= 11 is 0. The molecule has 0 aromatic heterocycles. The molecule has 112 valence electrons. The molecule has 1 heterocycles. The quantitative estimate of drug-likeness (QED) is 0.873. The number of nitrogen functional groups attached to an aromatic ring is 1. The van der Waals surface area contributed by atoms with Crippen LogP contribution in [0.5, 0.6) is 0 Å². The summed E-state index contributed by atoms with van der Waals surface area (Å²) in [5.74, 6) is -0.529. The van der Waals surface area contributed by atoms with Gasteiger partial charge >= 0.3 is 0 Å². The summed E-state index contributed by atoms with van der Waals surface area (Å²) < 4.78 is 39.6. The van der Waals surface area contributed by atoms with E-state index in [1.54, 1.807) is 0 Å². The van der Waals surface area contributed by atoms with E-state index in [1.165, 1.54) is 10.4 Å². The molecule has 1 aromatic carbocycles. The topological polar surface area (TPSA) is 63.4 Å². The number of nitrogens with two attached hydrogens (primary N) is 1. The average molecular weight is 300 g/mol. The second-order valence-electron chi connectivity index (χ2n) is 5.75. The van der Waals surface area contributed by atoms with Crippen molar-refractivity contribution in [2.75, 3.05) is 18.8 Å². The first-order valence-electron chi connectivity index (χ1n) is 6.84. The van der Waals surface area contributed by atoms with Crippen LogP contribution in [0, 0.1) is 11.2 Å². The number of rotatable bonds is 3. The number of hydrogen-bond donors (Lipinski definition) is 1. The number of piperidine rings is 1. The Morgan fingerprint density at radius 2 is 1.95 bits per heavy atom. The average Bonchev–Trinajstić information content (AvgIpc) is 2.39. The Hall–Kier alpha value is -1.14. The minimum Gasteiger partial charge on any atom is -0.398 e. The van der Waals surface area contributed by atoms with Gasteiger partial charge in [0, 0.05) is 13.1 Å². The normalized spacial score (nSPS) is 19.9. The number of hydrogen-bond acceptors (Lipinski definition) is 3. The van der Waals surface area contributed by atoms with Crippen LogP contribution in [0.15, 0.2) is 23.1 Å². The summed E-state index contributed by atoms with van der Waals surface area (Å²) in [5.41, 5.74) is 5.82. The second-order valence-corrected chi connectivity index (χ2v) is 7.66. The lowest BCUT2D eigenvalue weighted by molar-refractivity contribution is 0.169. The first-order valence-corrected chi connectivity index (χ1v) is 8.28. The molecule has 6 heteroatoms. The zero-order valence-electron chi connectivity index (χ0n) is 11.9. The molecule has 1 aromatic rings. The van der Waals surface area contributed by atoms with Gasteiger partial charge in [-0.3, -0.25) is 0 Å². The molecule has 0 atom stereocenters. The molecule has 2 N–H and O–H groups in total. The summed E-state index contributed by atoms with van der Waals surface area (Å²) in [6.07, 6.45) is 2.72. The fourth-order valence-corrected chi connectivity index (χ4v) is 4.05. The van der Waals surface area contributed by atoms with Crippen molar-refractivity contribution in [3.8, 4) is 0 Å². The maximum atomic E-state index is 13.0. The van der Waals surface area contributed by atoms with Gasteiger partial charge in [0.2, 0.25) is 10.0 Å². The fraction of sp³-hybridized carbons (Fsp3) is 0.571. The van der Waals surface area contributed by atoms with E-state index >= 15 is 0 Å². The Bertz CT molecular complexity index is 593. The van der Waals surface area contributed by atoms with Gasteiger partial charge in [0.15, 0.2) is 0 Å². The number of sulfonamides is 1. The third kappa shape index (κ3) is 2.81. The third-order valence-corrected chi connectivity index (χ3v) is 6.35. The van der Waals surface area contributed by atoms with Gasteiger partial charge in [0.05, 0.1) is 5.69 Å². The van der Waals surface area contributed by atoms with Gasteiger partial charge in [-0.1, -0.05) is 20.3 Å². The fourth-order valence-electron chi connectivity index (χ4n) is 2.51. The summed E-state index contributed by atoms with van der Waals surface area (Å²) in [7, 11) is -3.63. The summed E-state index contributed by atoms with van der Waals surface area (Å²) in [6.45, 7) is 5.29. The van der Waals surface area contributed by atoms with Crippen LogP contribution < -0.4 is 5.73 Å². The van der Waals surface area contributed by atoms with E-state index in [9.17, 15) is 12.8 Å². The lowest BCUT2D eigenvalue weighted by Crippen LogP contribution is -2.42. The molecular weight excluding hydrogens is 279 g/mol. The highest BCUT2D eigenvalue weighted by atomic mass is 32.2. The molecule has 1 fully saturated rings. The van der Waals surface area contributed by atoms with Gasteiger partial charge in [-0.15, -0.1) is 0 Å². The van der Waals surface area contributed by atoms with Gasteiger partial charge in [0.25, 0.3) is 0 Å². The van der Waals surface area contributed by atoms with Crippen LogP contribution in [-0.4, -0.2) is 25.8 Å². The van der Waals surface area contributed by atoms with Crippen LogP contribution in [0.4, 0.5) is 10.1 Å². The van der Waals surface area contributed by atoms with Crippen molar-refractivity contribution in [2.45, 2.75) is 38.0 Å². The number of benzene rings is 1. The molecule has 1 aliphatic rings. The largest absolute Gasteiger partial charge is 0.398 e. The van der Waals surface area contributed by atoms with E-state index in [0.717, 1.165) is 31.4 Å². The Labute approximate surface area is 119 Å². The molecule has 0 unspecified atom stereocenters. The summed E-state index contributed by atoms with van der Waals surface area (Å²) in [5, 5.41) is 0. The van der Waals surface area contributed by atoms with Crippen molar-refractivity contribution in [1.82, 2.24) is 4.31 Å². The van der Waals surface area contributed by atoms with E-state index in [0.29, 0.717) is 13.1 Å². The monoisotopic (exact) mass is 300 g/mol. The first kappa shape index (κ1) is 15.3. The zero-order valence-corrected chi connectivity index (χ0v) is 12.7. The van der Waals surface area contributed by atoms with Crippen LogP contribution >= 0.6 is 0 Å². The van der Waals surface area contributed by atoms with Gasteiger partial charge in [-0.2, -0.15) is 4.31 Å². The van der Waals surface area contributed by atoms with Crippen molar-refractivity contribution in [1.29, 1.82) is 0 Å². The van der Waals surface area contributed by atoms with Crippen molar-refractivity contribution >= 4 is 15.7 Å².